The number of fused-ring (bicyclic) bond motifs is 1. The average molecular weight is 243 g/mol. The molecule has 0 aliphatic rings. The molecule has 0 saturated carbocycles. The molecule has 1 atom stereocenters. The van der Waals surface area contributed by atoms with Gasteiger partial charge < -0.3 is 0 Å². The van der Waals surface area contributed by atoms with Crippen LogP contribution in [0.15, 0.2) is 42.5 Å². The van der Waals surface area contributed by atoms with Gasteiger partial charge in [0.25, 0.3) is 0 Å². The second-order valence-corrected chi connectivity index (χ2v) is 5.62. The van der Waals surface area contributed by atoms with E-state index in [4.69, 9.17) is 4.84 Å². The van der Waals surface area contributed by atoms with Crippen LogP contribution in [0.2, 0.25) is 0 Å². The summed E-state index contributed by atoms with van der Waals surface area (Å²) >= 11 is 0. The Morgan fingerprint density at radius 1 is 1.00 bits per heavy atom. The van der Waals surface area contributed by atoms with Crippen molar-refractivity contribution in [3.63, 3.8) is 0 Å². The molecule has 96 valence electrons. The maximum atomic E-state index is 5.64. The van der Waals surface area contributed by atoms with E-state index in [9.17, 15) is 0 Å². The van der Waals surface area contributed by atoms with Crippen molar-refractivity contribution in [2.45, 2.75) is 39.3 Å². The summed E-state index contributed by atoms with van der Waals surface area (Å²) in [6.07, 6.45) is 0. The van der Waals surface area contributed by atoms with Gasteiger partial charge >= 0.3 is 0 Å². The molecule has 1 N–H and O–H groups in total. The molecule has 0 aliphatic heterocycles. The van der Waals surface area contributed by atoms with Crippen molar-refractivity contribution in [1.82, 2.24) is 5.48 Å². The third-order valence-electron chi connectivity index (χ3n) is 2.83. The second-order valence-electron chi connectivity index (χ2n) is 5.62. The molecule has 0 amide bonds. The molecule has 2 aromatic rings. The summed E-state index contributed by atoms with van der Waals surface area (Å²) in [5.41, 5.74) is 4.21. The van der Waals surface area contributed by atoms with E-state index in [1.807, 2.05) is 20.8 Å². The number of hydrogen-bond acceptors (Lipinski definition) is 2. The minimum absolute atomic E-state index is 0.162. The zero-order valence-corrected chi connectivity index (χ0v) is 11.5. The summed E-state index contributed by atoms with van der Waals surface area (Å²) in [5.74, 6) is 0. The first-order chi connectivity index (χ1) is 8.47. The standard InChI is InChI=1S/C16H21NO/c1-12(17-18-16(2,3)4)14-11-7-9-13-8-5-6-10-15(13)14/h5-12,17H,1-4H3/t12-/m1/s1. The van der Waals surface area contributed by atoms with Crippen molar-refractivity contribution in [3.8, 4) is 0 Å². The van der Waals surface area contributed by atoms with Crippen molar-refractivity contribution in [1.29, 1.82) is 0 Å². The second kappa shape index (κ2) is 5.09. The summed E-state index contributed by atoms with van der Waals surface area (Å²) in [6, 6.07) is 15.0. The van der Waals surface area contributed by atoms with E-state index in [-0.39, 0.29) is 11.6 Å². The van der Waals surface area contributed by atoms with Crippen molar-refractivity contribution in [2.75, 3.05) is 0 Å². The third-order valence-corrected chi connectivity index (χ3v) is 2.83. The highest BCUT2D eigenvalue weighted by atomic mass is 16.7. The van der Waals surface area contributed by atoms with Crippen LogP contribution < -0.4 is 5.48 Å². The van der Waals surface area contributed by atoms with E-state index < -0.39 is 0 Å². The molecule has 0 unspecified atom stereocenters. The normalized spacial score (nSPS) is 13.8. The Bertz CT molecular complexity index is 523. The molecule has 0 radical (unpaired) electrons. The largest absolute Gasteiger partial charge is 0.296 e. The molecule has 0 fully saturated rings. The van der Waals surface area contributed by atoms with Gasteiger partial charge in [-0.05, 0) is 44.0 Å². The maximum absolute atomic E-state index is 5.64. The van der Waals surface area contributed by atoms with Crippen LogP contribution in [0.1, 0.15) is 39.3 Å². The lowest BCUT2D eigenvalue weighted by molar-refractivity contribution is -0.0864. The fourth-order valence-electron chi connectivity index (χ4n) is 1.96. The van der Waals surface area contributed by atoms with Crippen LogP contribution in [-0.4, -0.2) is 5.60 Å². The lowest BCUT2D eigenvalue weighted by atomic mass is 10.0. The molecule has 0 heterocycles. The molecular weight excluding hydrogens is 222 g/mol. The number of nitrogens with one attached hydrogen (secondary N) is 1. The summed E-state index contributed by atoms with van der Waals surface area (Å²) in [5, 5.41) is 2.54. The monoisotopic (exact) mass is 243 g/mol. The Balaban J connectivity index is 2.25. The van der Waals surface area contributed by atoms with Gasteiger partial charge in [0, 0.05) is 0 Å². The lowest BCUT2D eigenvalue weighted by Gasteiger charge is -2.24. The molecule has 18 heavy (non-hydrogen) atoms. The highest BCUT2D eigenvalue weighted by Crippen LogP contribution is 2.24. The fourth-order valence-corrected chi connectivity index (χ4v) is 1.96. The van der Waals surface area contributed by atoms with E-state index in [1.165, 1.54) is 16.3 Å². The minimum Gasteiger partial charge on any atom is -0.296 e. The van der Waals surface area contributed by atoms with Crippen LogP contribution in [0.25, 0.3) is 10.8 Å². The molecule has 2 nitrogen and oxygen atoms in total. The lowest BCUT2D eigenvalue weighted by Crippen LogP contribution is -2.31. The summed E-state index contributed by atoms with van der Waals surface area (Å²) in [6.45, 7) is 8.23. The highest BCUT2D eigenvalue weighted by Gasteiger charge is 2.14. The highest BCUT2D eigenvalue weighted by molar-refractivity contribution is 5.86. The van der Waals surface area contributed by atoms with E-state index in [1.54, 1.807) is 0 Å². The summed E-state index contributed by atoms with van der Waals surface area (Å²) in [4.78, 5) is 5.64. The predicted molar refractivity (Wildman–Crippen MR) is 76.3 cm³/mol. The van der Waals surface area contributed by atoms with Crippen molar-refractivity contribution in [3.05, 3.63) is 48.0 Å². The van der Waals surface area contributed by atoms with Crippen LogP contribution in [0.4, 0.5) is 0 Å². The van der Waals surface area contributed by atoms with E-state index >= 15 is 0 Å². The SMILES string of the molecule is C[C@@H](NOC(C)(C)C)c1cccc2ccccc12. The van der Waals surface area contributed by atoms with Gasteiger partial charge in [-0.2, -0.15) is 5.48 Å². The van der Waals surface area contributed by atoms with Gasteiger partial charge in [0.15, 0.2) is 0 Å². The molecule has 2 rings (SSSR count). The Kier molecular flexibility index (Phi) is 3.69. The fraction of sp³-hybridized carbons (Fsp3) is 0.375. The summed E-state index contributed by atoms with van der Waals surface area (Å²) in [7, 11) is 0. The molecule has 2 aromatic carbocycles. The molecule has 0 aliphatic carbocycles. The Labute approximate surface area is 109 Å². The van der Waals surface area contributed by atoms with Crippen molar-refractivity contribution < 1.29 is 4.84 Å². The maximum Gasteiger partial charge on any atom is 0.0813 e. The van der Waals surface area contributed by atoms with Gasteiger partial charge in [0.2, 0.25) is 0 Å². The van der Waals surface area contributed by atoms with Crippen LogP contribution in [-0.2, 0) is 4.84 Å². The van der Waals surface area contributed by atoms with Crippen molar-refractivity contribution in [2.24, 2.45) is 0 Å². The predicted octanol–water partition coefficient (Wildman–Crippen LogP) is 4.22. The van der Waals surface area contributed by atoms with Crippen LogP contribution in [0.5, 0.6) is 0 Å². The van der Waals surface area contributed by atoms with Gasteiger partial charge in [-0.25, -0.2) is 0 Å². The topological polar surface area (TPSA) is 21.3 Å². The van der Waals surface area contributed by atoms with Gasteiger partial charge in [-0.1, -0.05) is 42.5 Å². The zero-order chi connectivity index (χ0) is 13.2. The zero-order valence-electron chi connectivity index (χ0n) is 11.5. The Hall–Kier alpha value is -1.38. The molecular formula is C16H21NO. The molecule has 0 aromatic heterocycles. The van der Waals surface area contributed by atoms with E-state index in [0.29, 0.717) is 0 Å². The molecule has 2 heteroatoms. The first-order valence-corrected chi connectivity index (χ1v) is 6.38. The van der Waals surface area contributed by atoms with Crippen molar-refractivity contribution >= 4 is 10.8 Å². The number of hydrogen-bond donors (Lipinski definition) is 1. The molecule has 0 spiro atoms. The summed E-state index contributed by atoms with van der Waals surface area (Å²) < 4.78 is 0. The van der Waals surface area contributed by atoms with Gasteiger partial charge in [-0.15, -0.1) is 0 Å². The number of benzene rings is 2. The Morgan fingerprint density at radius 2 is 1.67 bits per heavy atom. The van der Waals surface area contributed by atoms with E-state index in [0.717, 1.165) is 0 Å². The van der Waals surface area contributed by atoms with Gasteiger partial charge in [-0.3, -0.25) is 4.84 Å². The van der Waals surface area contributed by atoms with Gasteiger partial charge in [0.1, 0.15) is 0 Å². The number of hydroxylamine groups is 1. The molecule has 0 bridgehead atoms. The van der Waals surface area contributed by atoms with Crippen LogP contribution in [0.3, 0.4) is 0 Å². The average Bonchev–Trinajstić information content (AvgIpc) is 2.34. The number of rotatable bonds is 3. The third kappa shape index (κ3) is 3.09. The van der Waals surface area contributed by atoms with E-state index in [2.05, 4.69) is 54.9 Å². The smallest absolute Gasteiger partial charge is 0.0813 e. The van der Waals surface area contributed by atoms with Crippen LogP contribution >= 0.6 is 0 Å². The quantitative estimate of drug-likeness (QED) is 0.815. The van der Waals surface area contributed by atoms with Gasteiger partial charge in [0.05, 0.1) is 11.6 Å². The molecule has 0 saturated heterocycles. The first-order valence-electron chi connectivity index (χ1n) is 6.38. The first kappa shape index (κ1) is 13.1. The Morgan fingerprint density at radius 3 is 2.39 bits per heavy atom. The van der Waals surface area contributed by atoms with Crippen LogP contribution in [0, 0.1) is 0 Å². The minimum atomic E-state index is -0.182.